The van der Waals surface area contributed by atoms with Crippen molar-refractivity contribution in [1.82, 2.24) is 4.98 Å². The van der Waals surface area contributed by atoms with Crippen molar-refractivity contribution in [1.29, 1.82) is 0 Å². The zero-order valence-electron chi connectivity index (χ0n) is 23.5. The molecule has 0 bridgehead atoms. The van der Waals surface area contributed by atoms with Gasteiger partial charge in [0.2, 0.25) is 0 Å². The molecule has 0 spiro atoms. The van der Waals surface area contributed by atoms with Crippen LogP contribution in [0, 0.1) is 13.8 Å². The summed E-state index contributed by atoms with van der Waals surface area (Å²) in [5.41, 5.74) is 8.57. The van der Waals surface area contributed by atoms with Crippen molar-refractivity contribution >= 4 is 5.97 Å². The van der Waals surface area contributed by atoms with Crippen molar-refractivity contribution in [3.8, 4) is 11.3 Å². The summed E-state index contributed by atoms with van der Waals surface area (Å²) in [6.45, 7) is 8.90. The van der Waals surface area contributed by atoms with E-state index >= 15 is 0 Å². The molecule has 0 saturated heterocycles. The molecular weight excluding hydrogens is 470 g/mol. The van der Waals surface area contributed by atoms with Crippen LogP contribution in [-0.2, 0) is 23.1 Å². The van der Waals surface area contributed by atoms with Crippen molar-refractivity contribution in [3.63, 3.8) is 0 Å². The maximum absolute atomic E-state index is 11.0. The molecule has 0 aliphatic heterocycles. The number of aliphatic carboxylic acids is 1. The van der Waals surface area contributed by atoms with Crippen LogP contribution in [0.5, 0.6) is 0 Å². The number of carboxylic acid groups (broad SMARTS) is 1. The molecule has 38 heavy (non-hydrogen) atoms. The number of carboxylic acids is 1. The first-order chi connectivity index (χ1) is 18.2. The molecule has 0 atom stereocenters. The van der Waals surface area contributed by atoms with Gasteiger partial charge >= 0.3 is 5.97 Å². The van der Waals surface area contributed by atoms with Gasteiger partial charge in [-0.05, 0) is 91.8 Å². The zero-order chi connectivity index (χ0) is 27.3. The Morgan fingerprint density at radius 2 is 1.58 bits per heavy atom. The lowest BCUT2D eigenvalue weighted by Crippen LogP contribution is -2.31. The van der Waals surface area contributed by atoms with Crippen LogP contribution in [-0.4, -0.2) is 26.8 Å². The average molecular weight is 514 g/mol. The summed E-state index contributed by atoms with van der Waals surface area (Å²) >= 11 is 0. The smallest absolute Gasteiger partial charge is 0.307 e. The van der Waals surface area contributed by atoms with Gasteiger partial charge in [0.15, 0.2) is 0 Å². The van der Waals surface area contributed by atoms with E-state index < -0.39 is 11.6 Å². The fourth-order valence-corrected chi connectivity index (χ4v) is 6.45. The molecule has 1 fully saturated rings. The van der Waals surface area contributed by atoms with Crippen molar-refractivity contribution < 1.29 is 15.0 Å². The Labute approximate surface area is 228 Å². The van der Waals surface area contributed by atoms with Crippen LogP contribution in [0.2, 0.25) is 0 Å². The third-order valence-corrected chi connectivity index (χ3v) is 8.98. The summed E-state index contributed by atoms with van der Waals surface area (Å²) in [4.78, 5) is 15.5. The van der Waals surface area contributed by atoms with E-state index in [0.29, 0.717) is 5.56 Å². The molecule has 4 nitrogen and oxygen atoms in total. The molecular formula is C34H43NO3. The third-order valence-electron chi connectivity index (χ3n) is 8.98. The van der Waals surface area contributed by atoms with Crippen LogP contribution in [0.15, 0.2) is 54.7 Å². The molecule has 202 valence electrons. The molecule has 2 N–H and O–H groups in total. The van der Waals surface area contributed by atoms with Crippen LogP contribution < -0.4 is 0 Å². The molecule has 0 radical (unpaired) electrons. The summed E-state index contributed by atoms with van der Waals surface area (Å²) in [5.74, 6) is -0.847. The fraction of sp³-hybridized carbons (Fsp3) is 0.471. The number of aryl methyl sites for hydroxylation is 3. The highest BCUT2D eigenvalue weighted by molar-refractivity contribution is 5.71. The molecule has 1 heterocycles. The number of carbonyl (C=O) groups is 1. The van der Waals surface area contributed by atoms with Gasteiger partial charge < -0.3 is 10.2 Å². The van der Waals surface area contributed by atoms with E-state index in [0.717, 1.165) is 62.6 Å². The van der Waals surface area contributed by atoms with Crippen LogP contribution in [0.25, 0.3) is 11.3 Å². The van der Waals surface area contributed by atoms with E-state index in [-0.39, 0.29) is 11.8 Å². The van der Waals surface area contributed by atoms with Crippen LogP contribution >= 0.6 is 0 Å². The number of nitrogens with zero attached hydrogens (tertiary/aromatic N) is 1. The summed E-state index contributed by atoms with van der Waals surface area (Å²) < 4.78 is 0. The summed E-state index contributed by atoms with van der Waals surface area (Å²) in [6.07, 6.45) is 10.9. The van der Waals surface area contributed by atoms with Gasteiger partial charge in [-0.1, -0.05) is 75.6 Å². The topological polar surface area (TPSA) is 70.4 Å². The van der Waals surface area contributed by atoms with E-state index in [4.69, 9.17) is 5.11 Å². The number of pyridine rings is 1. The number of aliphatic hydroxyl groups is 1. The van der Waals surface area contributed by atoms with Crippen LogP contribution in [0.1, 0.15) is 98.6 Å². The molecule has 3 aromatic rings. The average Bonchev–Trinajstić information content (AvgIpc) is 2.90. The highest BCUT2D eigenvalue weighted by Crippen LogP contribution is 2.41. The predicted molar refractivity (Wildman–Crippen MR) is 155 cm³/mol. The quantitative estimate of drug-likeness (QED) is 0.291. The van der Waals surface area contributed by atoms with E-state index in [1.54, 1.807) is 6.20 Å². The number of aromatic nitrogens is 1. The summed E-state index contributed by atoms with van der Waals surface area (Å²) in [5, 5.41) is 20.0. The molecule has 0 amide bonds. The Balaban J connectivity index is 1.58. The lowest BCUT2D eigenvalue weighted by atomic mass is 9.69. The second-order valence-electron chi connectivity index (χ2n) is 11.4. The summed E-state index contributed by atoms with van der Waals surface area (Å²) in [6, 6.07) is 17.5. The Kier molecular flexibility index (Phi) is 8.72. The fourth-order valence-electron chi connectivity index (χ4n) is 6.45. The van der Waals surface area contributed by atoms with Crippen LogP contribution in [0.3, 0.4) is 0 Å². The van der Waals surface area contributed by atoms with Crippen molar-refractivity contribution in [2.75, 3.05) is 0 Å². The van der Waals surface area contributed by atoms with Gasteiger partial charge in [0.1, 0.15) is 0 Å². The minimum absolute atomic E-state index is 0.0141. The maximum Gasteiger partial charge on any atom is 0.307 e. The minimum atomic E-state index is -0.847. The van der Waals surface area contributed by atoms with Crippen LogP contribution in [0.4, 0.5) is 0 Å². The van der Waals surface area contributed by atoms with Gasteiger partial charge in [-0.3, -0.25) is 9.78 Å². The Hall–Kier alpha value is -2.98. The first kappa shape index (κ1) is 28.0. The maximum atomic E-state index is 11.0. The highest BCUT2D eigenvalue weighted by Gasteiger charge is 2.32. The third kappa shape index (κ3) is 6.02. The number of benzene rings is 2. The summed E-state index contributed by atoms with van der Waals surface area (Å²) in [7, 11) is 0. The molecule has 1 aromatic heterocycles. The van der Waals surface area contributed by atoms with Gasteiger partial charge in [0.05, 0.1) is 17.7 Å². The molecule has 0 unspecified atom stereocenters. The largest absolute Gasteiger partial charge is 0.481 e. The Morgan fingerprint density at radius 3 is 2.13 bits per heavy atom. The van der Waals surface area contributed by atoms with Gasteiger partial charge in [0.25, 0.3) is 0 Å². The van der Waals surface area contributed by atoms with E-state index in [2.05, 4.69) is 69.1 Å². The Morgan fingerprint density at radius 1 is 0.921 bits per heavy atom. The predicted octanol–water partition coefficient (Wildman–Crippen LogP) is 7.73. The second-order valence-corrected chi connectivity index (χ2v) is 11.4. The van der Waals surface area contributed by atoms with Gasteiger partial charge in [-0.15, -0.1) is 0 Å². The van der Waals surface area contributed by atoms with E-state index in [9.17, 15) is 9.90 Å². The SMILES string of the molecule is CCC(CC)(c1ccc(CCC2(O)CCCCC2)c(C)c1)c1ccc(-c2ccc(CC(=O)O)cn2)c(C)c1. The Bertz CT molecular complexity index is 1250. The second kappa shape index (κ2) is 11.8. The lowest BCUT2D eigenvalue weighted by molar-refractivity contribution is -0.136. The molecule has 4 heteroatoms. The molecule has 1 aliphatic rings. The minimum Gasteiger partial charge on any atom is -0.481 e. The first-order valence-electron chi connectivity index (χ1n) is 14.3. The van der Waals surface area contributed by atoms with Gasteiger partial charge in [-0.25, -0.2) is 0 Å². The van der Waals surface area contributed by atoms with Crippen molar-refractivity contribution in [3.05, 3.63) is 88.1 Å². The van der Waals surface area contributed by atoms with Crippen molar-refractivity contribution in [2.24, 2.45) is 0 Å². The molecule has 2 aromatic carbocycles. The normalized spacial score (nSPS) is 15.4. The van der Waals surface area contributed by atoms with E-state index in [1.165, 1.54) is 34.2 Å². The molecule has 1 saturated carbocycles. The number of hydrogen-bond acceptors (Lipinski definition) is 3. The number of rotatable bonds is 10. The van der Waals surface area contributed by atoms with Crippen molar-refractivity contribution in [2.45, 2.75) is 103 Å². The lowest BCUT2D eigenvalue weighted by Gasteiger charge is -2.35. The zero-order valence-corrected chi connectivity index (χ0v) is 23.5. The standard InChI is InChI=1S/C34H43NO3/c1-5-34(6-2,28-12-11-27(24(3)20-28)16-19-33(38)17-8-7-9-18-33)29-13-14-30(25(4)21-29)31-15-10-26(23-35-31)22-32(36)37/h10-15,20-21,23,38H,5-9,16-19,22H2,1-4H3,(H,36,37). The highest BCUT2D eigenvalue weighted by atomic mass is 16.4. The molecule has 1 aliphatic carbocycles. The monoisotopic (exact) mass is 513 g/mol. The first-order valence-corrected chi connectivity index (χ1v) is 14.3. The van der Waals surface area contributed by atoms with E-state index in [1.807, 2.05) is 12.1 Å². The molecule has 4 rings (SSSR count). The van der Waals surface area contributed by atoms with Gasteiger partial charge in [0, 0.05) is 17.2 Å². The number of hydrogen-bond donors (Lipinski definition) is 2. The van der Waals surface area contributed by atoms with Gasteiger partial charge in [-0.2, -0.15) is 0 Å².